The first-order chi connectivity index (χ1) is 2.27. The molecule has 0 saturated carbocycles. The van der Waals surface area contributed by atoms with E-state index in [1.807, 2.05) is 6.92 Å². The molecule has 0 bridgehead atoms. The third kappa shape index (κ3) is 4.19. The first-order valence-electron chi connectivity index (χ1n) is 1.47. The van der Waals surface area contributed by atoms with Crippen molar-refractivity contribution in [2.45, 2.75) is 13.3 Å². The van der Waals surface area contributed by atoms with Gasteiger partial charge in [0.2, 0.25) is 0 Å². The monoisotopic (exact) mass is 137 g/mol. The van der Waals surface area contributed by atoms with Crippen LogP contribution in [-0.2, 0) is 4.79 Å². The number of carbonyl (C=O) groups is 1. The summed E-state index contributed by atoms with van der Waals surface area (Å²) in [5.41, 5.74) is 0. The average molecular weight is 136 g/mol. The summed E-state index contributed by atoms with van der Waals surface area (Å²) in [4.78, 5) is 9.76. The van der Waals surface area contributed by atoms with Crippen molar-refractivity contribution in [3.63, 3.8) is 0 Å². The van der Waals surface area contributed by atoms with E-state index in [0.717, 1.165) is 0 Å². The van der Waals surface area contributed by atoms with Crippen molar-refractivity contribution in [1.29, 1.82) is 0 Å². The molecule has 0 spiro atoms. The molecule has 0 aliphatic rings. The van der Waals surface area contributed by atoms with Crippen LogP contribution in [0.2, 0.25) is 0 Å². The van der Waals surface area contributed by atoms with E-state index in [1.165, 1.54) is 0 Å². The Kier molecular flexibility index (Phi) is 2.52. The molecule has 0 aromatic carbocycles. The minimum absolute atomic E-state index is 0.130. The van der Waals surface area contributed by atoms with Crippen LogP contribution in [0.15, 0.2) is 0 Å². The molecule has 0 aromatic heterocycles. The summed E-state index contributed by atoms with van der Waals surface area (Å²) in [6.45, 7) is 1.82. The van der Waals surface area contributed by atoms with Crippen molar-refractivity contribution in [1.82, 2.24) is 0 Å². The normalized spacial score (nSPS) is 7.40. The van der Waals surface area contributed by atoms with Gasteiger partial charge in [-0.25, -0.2) is 0 Å². The first kappa shape index (κ1) is 5.19. The Morgan fingerprint density at radius 2 is 2.20 bits per heavy atom. The number of hydrogen-bond donors (Lipinski definition) is 0. The van der Waals surface area contributed by atoms with Crippen LogP contribution >= 0.6 is 0 Å². The fourth-order valence-corrected chi connectivity index (χ4v) is 0. The molecule has 0 heterocycles. The standard InChI is InChI=1S/C3H5OSe/c1-2-3(4)5/h2H2,1H3. The van der Waals surface area contributed by atoms with E-state index in [0.29, 0.717) is 6.42 Å². The topological polar surface area (TPSA) is 17.1 Å². The molecule has 5 heavy (non-hydrogen) atoms. The Bertz CT molecular complexity index is 42.2. The predicted molar refractivity (Wildman–Crippen MR) is 21.1 cm³/mol. The minimum atomic E-state index is 0.130. The second-order valence-electron chi connectivity index (χ2n) is 0.726. The van der Waals surface area contributed by atoms with Gasteiger partial charge in [-0.05, 0) is 0 Å². The molecule has 0 aliphatic carbocycles. The van der Waals surface area contributed by atoms with E-state index in [9.17, 15) is 4.79 Å². The molecular formula is C3H5OSe. The van der Waals surface area contributed by atoms with E-state index in [4.69, 9.17) is 0 Å². The predicted octanol–water partition coefficient (Wildman–Crippen LogP) is 0.0915. The number of carbonyl (C=O) groups excluding carboxylic acids is 1. The summed E-state index contributed by atoms with van der Waals surface area (Å²) < 4.78 is 0.130. The molecular weight excluding hydrogens is 131 g/mol. The van der Waals surface area contributed by atoms with Crippen LogP contribution in [0.4, 0.5) is 0 Å². The maximum absolute atomic E-state index is 9.76. The SMILES string of the molecule is CCC(=O)[Se]. The molecule has 2 heteroatoms. The zero-order valence-electron chi connectivity index (χ0n) is 3.02. The van der Waals surface area contributed by atoms with Gasteiger partial charge in [0.25, 0.3) is 0 Å². The van der Waals surface area contributed by atoms with E-state index < -0.39 is 0 Å². The van der Waals surface area contributed by atoms with Gasteiger partial charge in [0.15, 0.2) is 0 Å². The molecule has 0 aliphatic heterocycles. The van der Waals surface area contributed by atoms with Gasteiger partial charge < -0.3 is 0 Å². The molecule has 0 unspecified atom stereocenters. The van der Waals surface area contributed by atoms with Crippen LogP contribution in [0.1, 0.15) is 13.3 Å². The van der Waals surface area contributed by atoms with E-state index in [1.54, 1.807) is 0 Å². The zero-order chi connectivity index (χ0) is 4.28. The van der Waals surface area contributed by atoms with Crippen LogP contribution in [-0.4, -0.2) is 20.7 Å². The molecule has 29 valence electrons. The van der Waals surface area contributed by atoms with Crippen LogP contribution in [0.25, 0.3) is 0 Å². The molecule has 0 N–H and O–H groups in total. The van der Waals surface area contributed by atoms with Crippen molar-refractivity contribution in [2.24, 2.45) is 0 Å². The average Bonchev–Trinajstić information content (AvgIpc) is 1.38. The molecule has 1 nitrogen and oxygen atoms in total. The maximum atomic E-state index is 9.76. The van der Waals surface area contributed by atoms with Gasteiger partial charge in [0.05, 0.1) is 0 Å². The van der Waals surface area contributed by atoms with Gasteiger partial charge in [-0.15, -0.1) is 0 Å². The Labute approximate surface area is 39.6 Å². The molecule has 0 aromatic rings. The van der Waals surface area contributed by atoms with Gasteiger partial charge in [-0.1, -0.05) is 0 Å². The molecule has 0 saturated heterocycles. The summed E-state index contributed by atoms with van der Waals surface area (Å²) >= 11 is 2.35. The summed E-state index contributed by atoms with van der Waals surface area (Å²) in [5.74, 6) is 0. The summed E-state index contributed by atoms with van der Waals surface area (Å²) in [5, 5.41) is 0. The third-order valence-electron chi connectivity index (χ3n) is 0.289. The van der Waals surface area contributed by atoms with Gasteiger partial charge in [-0.3, -0.25) is 0 Å². The number of rotatable bonds is 1. The number of hydrogen-bond acceptors (Lipinski definition) is 1. The van der Waals surface area contributed by atoms with Crippen molar-refractivity contribution in [3.8, 4) is 0 Å². The van der Waals surface area contributed by atoms with Crippen molar-refractivity contribution >= 4 is 20.7 Å². The fraction of sp³-hybridized carbons (Fsp3) is 0.667. The van der Waals surface area contributed by atoms with Crippen LogP contribution in [0, 0.1) is 0 Å². The molecule has 0 amide bonds. The molecule has 0 rings (SSSR count). The van der Waals surface area contributed by atoms with Crippen LogP contribution < -0.4 is 0 Å². The Balaban J connectivity index is 2.85. The van der Waals surface area contributed by atoms with Crippen molar-refractivity contribution < 1.29 is 4.79 Å². The van der Waals surface area contributed by atoms with Gasteiger partial charge in [0.1, 0.15) is 0 Å². The second-order valence-corrected chi connectivity index (χ2v) is 1.68. The fourth-order valence-electron chi connectivity index (χ4n) is 0. The van der Waals surface area contributed by atoms with E-state index in [-0.39, 0.29) is 4.68 Å². The second kappa shape index (κ2) is 2.43. The first-order valence-corrected chi connectivity index (χ1v) is 2.33. The molecule has 1 radical (unpaired) electrons. The Morgan fingerprint density at radius 1 is 2.00 bits per heavy atom. The van der Waals surface area contributed by atoms with Crippen LogP contribution in [0.3, 0.4) is 0 Å². The Morgan fingerprint density at radius 3 is 2.20 bits per heavy atom. The molecule has 0 fully saturated rings. The summed E-state index contributed by atoms with van der Waals surface area (Å²) in [7, 11) is 0. The van der Waals surface area contributed by atoms with Gasteiger partial charge in [0, 0.05) is 0 Å². The van der Waals surface area contributed by atoms with Gasteiger partial charge >= 0.3 is 38.8 Å². The third-order valence-corrected chi connectivity index (χ3v) is 0.894. The van der Waals surface area contributed by atoms with Crippen LogP contribution in [0.5, 0.6) is 0 Å². The summed E-state index contributed by atoms with van der Waals surface area (Å²) in [6.07, 6.45) is 0.611. The summed E-state index contributed by atoms with van der Waals surface area (Å²) in [6, 6.07) is 0. The van der Waals surface area contributed by atoms with Gasteiger partial charge in [-0.2, -0.15) is 0 Å². The van der Waals surface area contributed by atoms with E-state index >= 15 is 0 Å². The zero-order valence-corrected chi connectivity index (χ0v) is 4.74. The van der Waals surface area contributed by atoms with Crippen molar-refractivity contribution in [3.05, 3.63) is 0 Å². The quantitative estimate of drug-likeness (QED) is 0.467. The van der Waals surface area contributed by atoms with Crippen molar-refractivity contribution in [2.75, 3.05) is 0 Å². The van der Waals surface area contributed by atoms with E-state index in [2.05, 4.69) is 16.0 Å². The Hall–Kier alpha value is 0.189. The molecule has 0 atom stereocenters.